The number of alkyl carbamates (subject to hydrolysis) is 1. The maximum absolute atomic E-state index is 14.2. The van der Waals surface area contributed by atoms with Crippen molar-refractivity contribution in [1.82, 2.24) is 19.9 Å². The number of rotatable bonds is 10. The first-order valence-electron chi connectivity index (χ1n) is 12.0. The summed E-state index contributed by atoms with van der Waals surface area (Å²) >= 11 is 0. The van der Waals surface area contributed by atoms with Gasteiger partial charge < -0.3 is 35.4 Å². The van der Waals surface area contributed by atoms with E-state index in [1.807, 2.05) is 20.8 Å². The highest BCUT2D eigenvalue weighted by Gasteiger charge is 2.22. The average Bonchev–Trinajstić information content (AvgIpc) is 3.24. The summed E-state index contributed by atoms with van der Waals surface area (Å²) in [6, 6.07) is 4.45. The molecular formula is C26H31FN6O6. The summed E-state index contributed by atoms with van der Waals surface area (Å²) in [5.74, 6) is -1.16. The number of fused-ring (bicyclic) bond motifs is 1. The molecule has 3 aromatic rings. The molecule has 12 nitrogen and oxygen atoms in total. The molecule has 0 aliphatic rings. The number of pyridine rings is 1. The number of nitrogens with zero attached hydrogens (tertiary/aromatic N) is 2. The molecule has 0 radical (unpaired) electrons. The number of nitrogens with one attached hydrogen (secondary N) is 3. The number of aromatic amines is 1. The number of primary amides is 1. The second-order valence-corrected chi connectivity index (χ2v) is 9.61. The van der Waals surface area contributed by atoms with E-state index in [1.165, 1.54) is 35.0 Å². The average molecular weight is 543 g/mol. The van der Waals surface area contributed by atoms with E-state index >= 15 is 0 Å². The number of aromatic nitrogens is 3. The Morgan fingerprint density at radius 1 is 1.28 bits per heavy atom. The zero-order chi connectivity index (χ0) is 28.7. The summed E-state index contributed by atoms with van der Waals surface area (Å²) in [6.07, 6.45) is 3.65. The first-order valence-corrected chi connectivity index (χ1v) is 12.0. The molecule has 3 rings (SSSR count). The molecule has 0 fully saturated rings. The van der Waals surface area contributed by atoms with Crippen LogP contribution in [0.15, 0.2) is 47.4 Å². The highest BCUT2D eigenvalue weighted by atomic mass is 19.1. The number of halogens is 1. The number of carbonyl (C=O) groups is 3. The van der Waals surface area contributed by atoms with Crippen molar-refractivity contribution in [3.8, 4) is 5.75 Å². The highest BCUT2D eigenvalue weighted by Crippen LogP contribution is 2.28. The molecule has 1 aromatic carbocycles. The summed E-state index contributed by atoms with van der Waals surface area (Å²) < 4.78 is 25.9. The number of hydrogen-bond acceptors (Lipinski definition) is 7. The van der Waals surface area contributed by atoms with Crippen LogP contribution < -0.4 is 26.7 Å². The first kappa shape index (κ1) is 28.9. The van der Waals surface area contributed by atoms with E-state index in [2.05, 4.69) is 25.3 Å². The lowest BCUT2D eigenvalue weighted by atomic mass is 10.1. The van der Waals surface area contributed by atoms with E-state index in [1.54, 1.807) is 6.07 Å². The number of amides is 3. The quantitative estimate of drug-likeness (QED) is 0.285. The molecule has 3 amide bonds. The van der Waals surface area contributed by atoms with Crippen LogP contribution in [0.4, 0.5) is 14.9 Å². The third kappa shape index (κ3) is 8.15. The molecule has 0 aliphatic carbocycles. The molecule has 0 aliphatic heterocycles. The van der Waals surface area contributed by atoms with Gasteiger partial charge in [-0.15, -0.1) is 0 Å². The summed E-state index contributed by atoms with van der Waals surface area (Å²) in [7, 11) is 1.15. The van der Waals surface area contributed by atoms with Crippen LogP contribution >= 0.6 is 0 Å². The van der Waals surface area contributed by atoms with Gasteiger partial charge in [-0.25, -0.2) is 14.2 Å². The van der Waals surface area contributed by atoms with Gasteiger partial charge in [-0.2, -0.15) is 0 Å². The van der Waals surface area contributed by atoms with Crippen LogP contribution in [-0.2, 0) is 20.9 Å². The van der Waals surface area contributed by atoms with E-state index < -0.39 is 40.9 Å². The molecule has 0 saturated carbocycles. The smallest absolute Gasteiger partial charge is 0.407 e. The SMILES string of the molecule is COC(=O)N[C@@H](CC/C=C/C(N)=O)C(=O)Nc1cccn(Cc2nc3cc(F)cc(OC(C)(C)C)c3[nH]2)c1=O. The minimum atomic E-state index is -1.06. The van der Waals surface area contributed by atoms with E-state index in [4.69, 9.17) is 10.5 Å². The van der Waals surface area contributed by atoms with Crippen molar-refractivity contribution < 1.29 is 28.2 Å². The van der Waals surface area contributed by atoms with Crippen molar-refractivity contribution >= 4 is 34.6 Å². The van der Waals surface area contributed by atoms with Crippen LogP contribution in [0.3, 0.4) is 0 Å². The van der Waals surface area contributed by atoms with Gasteiger partial charge in [0.2, 0.25) is 11.8 Å². The van der Waals surface area contributed by atoms with Gasteiger partial charge in [0, 0.05) is 18.3 Å². The van der Waals surface area contributed by atoms with Crippen LogP contribution in [0.5, 0.6) is 5.75 Å². The molecule has 0 saturated heterocycles. The Balaban J connectivity index is 1.81. The molecule has 0 bridgehead atoms. The lowest BCUT2D eigenvalue weighted by Crippen LogP contribution is -2.44. The number of ether oxygens (including phenoxy) is 2. The second-order valence-electron chi connectivity index (χ2n) is 9.61. The summed E-state index contributed by atoms with van der Waals surface area (Å²) in [5, 5.41) is 4.93. The van der Waals surface area contributed by atoms with Gasteiger partial charge in [0.05, 0.1) is 19.2 Å². The molecule has 208 valence electrons. The Kier molecular flexibility index (Phi) is 9.07. The predicted molar refractivity (Wildman–Crippen MR) is 142 cm³/mol. The van der Waals surface area contributed by atoms with Crippen molar-refractivity contribution in [3.05, 3.63) is 64.6 Å². The Morgan fingerprint density at radius 2 is 2.03 bits per heavy atom. The van der Waals surface area contributed by atoms with E-state index in [-0.39, 0.29) is 25.1 Å². The zero-order valence-electron chi connectivity index (χ0n) is 22.0. The number of benzene rings is 1. The first-order chi connectivity index (χ1) is 18.4. The van der Waals surface area contributed by atoms with Crippen molar-refractivity contribution in [1.29, 1.82) is 0 Å². The number of imidazole rings is 1. The Hall–Kier alpha value is -4.68. The van der Waals surface area contributed by atoms with E-state index in [0.717, 1.165) is 13.2 Å². The molecule has 0 unspecified atom stereocenters. The van der Waals surface area contributed by atoms with Gasteiger partial charge in [0.1, 0.15) is 40.2 Å². The number of methoxy groups -OCH3 is 1. The normalized spacial score (nSPS) is 12.3. The van der Waals surface area contributed by atoms with Crippen LogP contribution in [0.25, 0.3) is 11.0 Å². The molecule has 0 spiro atoms. The lowest BCUT2D eigenvalue weighted by molar-refractivity contribution is -0.118. The summed E-state index contributed by atoms with van der Waals surface area (Å²) in [4.78, 5) is 56.1. The molecule has 2 aromatic heterocycles. The fraction of sp³-hybridized carbons (Fsp3) is 0.346. The largest absolute Gasteiger partial charge is 0.486 e. The van der Waals surface area contributed by atoms with Gasteiger partial charge in [-0.1, -0.05) is 6.08 Å². The van der Waals surface area contributed by atoms with Crippen LogP contribution in [0, 0.1) is 5.82 Å². The van der Waals surface area contributed by atoms with E-state index in [9.17, 15) is 23.6 Å². The second kappa shape index (κ2) is 12.2. The molecule has 1 atom stereocenters. The predicted octanol–water partition coefficient (Wildman–Crippen LogP) is 2.57. The Labute approximate surface area is 223 Å². The summed E-state index contributed by atoms with van der Waals surface area (Å²) in [6.45, 7) is 5.51. The van der Waals surface area contributed by atoms with Gasteiger partial charge in [0.25, 0.3) is 5.56 Å². The molecular weight excluding hydrogens is 511 g/mol. The maximum atomic E-state index is 14.2. The summed E-state index contributed by atoms with van der Waals surface area (Å²) in [5.41, 5.74) is 4.74. The van der Waals surface area contributed by atoms with Crippen LogP contribution in [0.2, 0.25) is 0 Å². The van der Waals surface area contributed by atoms with E-state index in [0.29, 0.717) is 22.6 Å². The fourth-order valence-electron chi connectivity index (χ4n) is 3.65. The molecule has 2 heterocycles. The third-order valence-electron chi connectivity index (χ3n) is 5.28. The van der Waals surface area contributed by atoms with Gasteiger partial charge in [-0.3, -0.25) is 14.4 Å². The number of carbonyl (C=O) groups excluding carboxylic acids is 3. The fourth-order valence-corrected chi connectivity index (χ4v) is 3.65. The van der Waals surface area contributed by atoms with Crippen molar-refractivity contribution in [3.63, 3.8) is 0 Å². The maximum Gasteiger partial charge on any atom is 0.407 e. The van der Waals surface area contributed by atoms with Gasteiger partial charge >= 0.3 is 6.09 Å². The Morgan fingerprint density at radius 3 is 2.69 bits per heavy atom. The highest BCUT2D eigenvalue weighted by molar-refractivity contribution is 5.96. The third-order valence-corrected chi connectivity index (χ3v) is 5.28. The van der Waals surface area contributed by atoms with Gasteiger partial charge in [0.15, 0.2) is 0 Å². The molecule has 13 heteroatoms. The number of nitrogens with two attached hydrogens (primary N) is 1. The topological polar surface area (TPSA) is 170 Å². The number of allylic oxidation sites excluding steroid dienone is 1. The van der Waals surface area contributed by atoms with Crippen molar-refractivity contribution in [2.24, 2.45) is 5.73 Å². The number of hydrogen-bond donors (Lipinski definition) is 4. The van der Waals surface area contributed by atoms with Crippen LogP contribution in [0.1, 0.15) is 39.4 Å². The zero-order valence-corrected chi connectivity index (χ0v) is 22.0. The van der Waals surface area contributed by atoms with Crippen molar-refractivity contribution in [2.75, 3.05) is 12.4 Å². The minimum absolute atomic E-state index is 0.00441. The van der Waals surface area contributed by atoms with Gasteiger partial charge in [-0.05, 0) is 51.8 Å². The number of H-pyrrole nitrogens is 1. The number of anilines is 1. The Bertz CT molecular complexity index is 1460. The molecule has 39 heavy (non-hydrogen) atoms. The lowest BCUT2D eigenvalue weighted by Gasteiger charge is -2.21. The van der Waals surface area contributed by atoms with Crippen LogP contribution in [-0.4, -0.2) is 51.2 Å². The molecule has 5 N–H and O–H groups in total. The minimum Gasteiger partial charge on any atom is -0.486 e. The van der Waals surface area contributed by atoms with Crippen molar-refractivity contribution in [2.45, 2.75) is 51.8 Å². The monoisotopic (exact) mass is 542 g/mol. The standard InChI is InChI=1S/C26H31FN6O6/c1-26(2,3)39-19-13-15(27)12-18-22(19)32-21(29-18)14-33-11-7-9-17(24(33)36)30-23(35)16(31-25(37)38-4)8-5-6-10-20(28)34/h6-7,9-13,16H,5,8,14H2,1-4H3,(H2,28,34)(H,29,32)(H,30,35)(H,31,37)/b10-6+/t16-/m0/s1.